The van der Waals surface area contributed by atoms with Gasteiger partial charge in [0.1, 0.15) is 42.8 Å². The monoisotopic (exact) mass is 1840 g/mol. The van der Waals surface area contributed by atoms with E-state index in [2.05, 4.69) is 47.5 Å². The number of aryl methyl sites for hydroxylation is 1. The maximum absolute atomic E-state index is 15.6. The van der Waals surface area contributed by atoms with Gasteiger partial charge in [0.2, 0.25) is 23.6 Å². The highest BCUT2D eigenvalue weighted by molar-refractivity contribution is 5.99. The van der Waals surface area contributed by atoms with Crippen molar-refractivity contribution in [2.45, 2.75) is 174 Å². The minimum absolute atomic E-state index is 0.00642. The number of nitrogens with two attached hydrogens (primary N) is 1. The van der Waals surface area contributed by atoms with E-state index in [-0.39, 0.29) is 121 Å². The zero-order valence-corrected chi connectivity index (χ0v) is 74.9. The molecule has 0 unspecified atom stereocenters. The Kier molecular flexibility index (Phi) is 44.3. The predicted molar refractivity (Wildman–Crippen MR) is 461 cm³/mol. The fourth-order valence-corrected chi connectivity index (χ4v) is 14.2. The van der Waals surface area contributed by atoms with E-state index in [9.17, 15) is 57.8 Å². The number of halogens is 1. The van der Waals surface area contributed by atoms with Gasteiger partial charge in [-0.25, -0.2) is 33.2 Å². The molecule has 3 aromatic heterocycles. The summed E-state index contributed by atoms with van der Waals surface area (Å²) in [6.07, 6.45) is 1.21. The summed E-state index contributed by atoms with van der Waals surface area (Å²) in [5, 5.41) is 57.1. The highest BCUT2D eigenvalue weighted by Gasteiger charge is 2.46. The molecular formula is C87H126FN13O29. The first-order valence-corrected chi connectivity index (χ1v) is 43.8. The van der Waals surface area contributed by atoms with Gasteiger partial charge in [-0.1, -0.05) is 38.1 Å². The van der Waals surface area contributed by atoms with Crippen LogP contribution >= 0.6 is 0 Å². The van der Waals surface area contributed by atoms with Gasteiger partial charge in [-0.2, -0.15) is 0 Å². The number of nitrogens with one attached hydrogen (secondary N) is 7. The van der Waals surface area contributed by atoms with Crippen LogP contribution in [-0.4, -0.2) is 295 Å². The number of pyridine rings is 2. The van der Waals surface area contributed by atoms with Crippen molar-refractivity contribution in [1.82, 2.24) is 56.4 Å². The number of aliphatic hydroxyl groups is 1. The molecule has 0 bridgehead atoms. The number of nitrogens with zero attached hydrogens (tertiary/aromatic N) is 5. The number of carboxylic acids is 2. The number of carboxylic acid groups (broad SMARTS) is 2. The van der Waals surface area contributed by atoms with Gasteiger partial charge in [0.25, 0.3) is 5.56 Å². The molecule has 0 radical (unpaired) electrons. The van der Waals surface area contributed by atoms with Crippen molar-refractivity contribution in [3.8, 4) is 11.4 Å². The fraction of sp³-hybridized carbons (Fsp3) is 0.632. The highest BCUT2D eigenvalue weighted by Crippen LogP contribution is 2.46. The molecule has 130 heavy (non-hydrogen) atoms. The van der Waals surface area contributed by atoms with Gasteiger partial charge in [0.15, 0.2) is 11.5 Å². The maximum atomic E-state index is 15.6. The molecule has 8 amide bonds. The van der Waals surface area contributed by atoms with Crippen LogP contribution in [0, 0.1) is 24.6 Å². The van der Waals surface area contributed by atoms with E-state index in [0.717, 1.165) is 0 Å². The number of primary amides is 1. The minimum atomic E-state index is -2.07. The van der Waals surface area contributed by atoms with Crippen LogP contribution in [0.5, 0.6) is 0 Å². The lowest BCUT2D eigenvalue weighted by atomic mass is 9.81. The number of rotatable bonds is 64. The largest absolute Gasteiger partial charge is 0.481 e. The van der Waals surface area contributed by atoms with Crippen LogP contribution in [0.2, 0.25) is 0 Å². The third kappa shape index (κ3) is 34.0. The molecule has 0 saturated heterocycles. The Morgan fingerprint density at radius 3 is 1.71 bits per heavy atom. The Hall–Kier alpha value is -10.6. The van der Waals surface area contributed by atoms with Crippen molar-refractivity contribution in [3.63, 3.8) is 0 Å². The first kappa shape index (κ1) is 105. The number of amides is 8. The molecule has 0 saturated carbocycles. The van der Waals surface area contributed by atoms with Crippen molar-refractivity contribution in [2.24, 2.45) is 17.6 Å². The number of alkyl carbamates (subject to hydrolysis) is 2. The molecule has 8 rings (SSSR count). The molecule has 720 valence electrons. The number of aromatic nitrogens is 5. The number of aliphatic carboxylic acids is 2. The van der Waals surface area contributed by atoms with Gasteiger partial charge < -0.3 is 134 Å². The average molecular weight is 1840 g/mol. The molecule has 0 spiro atoms. The van der Waals surface area contributed by atoms with Crippen LogP contribution in [0.1, 0.15) is 144 Å². The molecule has 5 aromatic rings. The summed E-state index contributed by atoms with van der Waals surface area (Å²) < 4.78 is 101. The Balaban J connectivity index is 0.631. The number of carbonyl (C=O) groups is 10. The molecule has 3 aliphatic rings. The lowest BCUT2D eigenvalue weighted by Crippen LogP contribution is -2.58. The van der Waals surface area contributed by atoms with Gasteiger partial charge in [-0.3, -0.25) is 33.6 Å². The number of unbranched alkanes of at least 4 members (excludes halogenated alkanes) is 1. The van der Waals surface area contributed by atoms with E-state index >= 15 is 4.39 Å². The number of cyclic esters (lactones) is 1. The van der Waals surface area contributed by atoms with Crippen LogP contribution < -0.4 is 48.5 Å². The molecule has 2 aliphatic heterocycles. The summed E-state index contributed by atoms with van der Waals surface area (Å²) in [5.74, 6) is -8.70. The Labute approximate surface area is 752 Å². The summed E-state index contributed by atoms with van der Waals surface area (Å²) in [7, 11) is 0. The normalized spacial score (nSPS) is 15.1. The van der Waals surface area contributed by atoms with Crippen molar-refractivity contribution in [2.75, 3.05) is 177 Å². The fourth-order valence-electron chi connectivity index (χ4n) is 14.2. The van der Waals surface area contributed by atoms with Crippen LogP contribution in [0.15, 0.2) is 47.4 Å². The van der Waals surface area contributed by atoms with E-state index < -0.39 is 112 Å². The molecular weight excluding hydrogens is 1710 g/mol. The second-order valence-electron chi connectivity index (χ2n) is 32.1. The minimum Gasteiger partial charge on any atom is -0.481 e. The Bertz CT molecular complexity index is 4560. The lowest BCUT2D eigenvalue weighted by molar-refractivity contribution is -0.172. The van der Waals surface area contributed by atoms with Crippen molar-refractivity contribution >= 4 is 76.3 Å². The summed E-state index contributed by atoms with van der Waals surface area (Å²) in [4.78, 5) is 148. The number of fused-ring (bicyclic) bond motifs is 5. The quantitative estimate of drug-likeness (QED) is 0.0112. The van der Waals surface area contributed by atoms with Gasteiger partial charge in [0, 0.05) is 54.2 Å². The number of hydrogen-bond donors (Lipinski definition) is 11. The SMILES string of the molecule is CC[C@@]1(O)C(=O)OCc2c1cc1n(c2=O)Cc2c-1nc1cc(F)c(C)c3c1c2[C@@H](NC(=O)OCc1ccc(NC(=O)[C@H](CCCNC(N)=O)NC(=O)[C@@H](NC(=O)[C@H](CCCCNC(=O)CCOCCOCCOCCOCCOCCOCCOCCOCCOCCOCCOCCOCCn2nncc2CC(C(=O)O)C(=O)O)NC(=O)OC(C)(C)C)C(C)C)cc1)CC3. The van der Waals surface area contributed by atoms with Gasteiger partial charge in [0.05, 0.1) is 212 Å². The number of urea groups is 1. The molecule has 2 aromatic carbocycles. The van der Waals surface area contributed by atoms with Crippen LogP contribution in [0.4, 0.5) is 24.5 Å². The molecule has 12 N–H and O–H groups in total. The van der Waals surface area contributed by atoms with Gasteiger partial charge >= 0.3 is 36.1 Å². The number of benzene rings is 2. The van der Waals surface area contributed by atoms with E-state index in [0.29, 0.717) is 219 Å². The zero-order chi connectivity index (χ0) is 94.0. The van der Waals surface area contributed by atoms with E-state index in [1.165, 1.54) is 21.5 Å². The second kappa shape index (κ2) is 54.9. The van der Waals surface area contributed by atoms with Crippen molar-refractivity contribution < 1.29 is 139 Å². The molecule has 5 atom stereocenters. The zero-order valence-electron chi connectivity index (χ0n) is 74.9. The van der Waals surface area contributed by atoms with Crippen molar-refractivity contribution in [3.05, 3.63) is 103 Å². The average Bonchev–Trinajstić information content (AvgIpc) is 1.50. The topological polar surface area (TPSA) is 546 Å². The Morgan fingerprint density at radius 2 is 1.18 bits per heavy atom. The predicted octanol–water partition coefficient (Wildman–Crippen LogP) is 3.84. The number of ether oxygens (including phenoxy) is 15. The number of esters is 1. The third-order valence-electron chi connectivity index (χ3n) is 21.1. The molecule has 1 aliphatic carbocycles. The summed E-state index contributed by atoms with van der Waals surface area (Å²) in [6.45, 7) is 20.4. The van der Waals surface area contributed by atoms with Crippen LogP contribution in [0.3, 0.4) is 0 Å². The van der Waals surface area contributed by atoms with E-state index in [1.807, 2.05) is 0 Å². The van der Waals surface area contributed by atoms with E-state index in [1.54, 1.807) is 78.8 Å². The van der Waals surface area contributed by atoms with Crippen LogP contribution in [-0.2, 0) is 149 Å². The molecule has 0 fully saturated rings. The van der Waals surface area contributed by atoms with Crippen LogP contribution in [0.25, 0.3) is 22.3 Å². The highest BCUT2D eigenvalue weighted by atomic mass is 19.1. The first-order valence-electron chi connectivity index (χ1n) is 43.8. The summed E-state index contributed by atoms with van der Waals surface area (Å²) in [6, 6.07) is 4.13. The summed E-state index contributed by atoms with van der Waals surface area (Å²) >= 11 is 0. The molecule has 5 heterocycles. The lowest BCUT2D eigenvalue weighted by Gasteiger charge is -2.31. The molecule has 43 heteroatoms. The smallest absolute Gasteiger partial charge is 0.408 e. The maximum Gasteiger partial charge on any atom is 0.408 e. The first-order chi connectivity index (χ1) is 62.5. The van der Waals surface area contributed by atoms with E-state index in [4.69, 9.17) is 92.0 Å². The Morgan fingerprint density at radius 1 is 0.646 bits per heavy atom. The van der Waals surface area contributed by atoms with Gasteiger partial charge in [-0.05, 0) is 125 Å². The number of carbonyl (C=O) groups excluding carboxylic acids is 8. The number of hydrogen-bond acceptors (Lipinski definition) is 30. The molecule has 42 nitrogen and oxygen atoms in total. The summed E-state index contributed by atoms with van der Waals surface area (Å²) in [5.41, 5.74) is 6.65. The van der Waals surface area contributed by atoms with Crippen molar-refractivity contribution in [1.29, 1.82) is 0 Å². The number of anilines is 1. The third-order valence-corrected chi connectivity index (χ3v) is 21.1. The second-order valence-corrected chi connectivity index (χ2v) is 32.1. The van der Waals surface area contributed by atoms with Gasteiger partial charge in [-0.15, -0.1) is 5.10 Å². The standard InChI is InChI=1S/C87H126FN13O29/c1-8-87(115)64-49-70-75-62(52-100(70)79(106)63(64)54-128-82(87)111)73-66(19-18-60-56(4)65(88)50-69(94-75)72(60)73)96-84(113)129-53-57-14-16-58(17-15-57)93-76(103)67(13-11-22-91-83(89)112)95-78(105)74(55(2)3)98-77(104)68(97-85(114)130-86(5,6)7)12-9-10-21-90-71(102)20-24-116-26-28-118-30-32-120-34-36-122-38-40-124-42-44-126-46-47-127-45-43-125-41-39-123-37-35-121-33-31-119-29-27-117-25-23-101-59(51-92-99-101)48-61(80(107)108)81(109)110/h14-17,49-51,55,61,66-68,74,115H,8-13,18-48,52-54H2,1-7H3,(H,90,102)(H,93,103)(H,95,105)(H,96,113)(H,97,114)(H,98,104)(H,107,108)(H,109,110)(H3,89,91,112)/t66-,67-,68-,74-,87-/m0/s1.